The summed E-state index contributed by atoms with van der Waals surface area (Å²) >= 11 is 0. The number of benzene rings is 1. The highest BCUT2D eigenvalue weighted by atomic mass is 16.3. The molecule has 5 heteroatoms. The molecule has 0 amide bonds. The van der Waals surface area contributed by atoms with Gasteiger partial charge in [0.2, 0.25) is 0 Å². The summed E-state index contributed by atoms with van der Waals surface area (Å²) in [6.07, 6.45) is 1.70. The summed E-state index contributed by atoms with van der Waals surface area (Å²) in [5.41, 5.74) is 2.54. The van der Waals surface area contributed by atoms with Crippen LogP contribution in [0.3, 0.4) is 0 Å². The zero-order valence-corrected chi connectivity index (χ0v) is 9.87. The maximum atomic E-state index is 8.86. The Bertz CT molecular complexity index is 464. The lowest BCUT2D eigenvalue weighted by Crippen LogP contribution is -2.09. The van der Waals surface area contributed by atoms with Crippen molar-refractivity contribution in [3.8, 4) is 0 Å². The van der Waals surface area contributed by atoms with Gasteiger partial charge in [0.25, 0.3) is 0 Å². The number of tetrazole rings is 1. The molecular weight excluding hydrogens is 216 g/mol. The van der Waals surface area contributed by atoms with Crippen LogP contribution in [-0.2, 0) is 19.4 Å². The highest BCUT2D eigenvalue weighted by Crippen LogP contribution is 2.06. The van der Waals surface area contributed by atoms with Crippen molar-refractivity contribution in [2.24, 2.45) is 0 Å². The maximum absolute atomic E-state index is 8.86. The topological polar surface area (TPSA) is 63.8 Å². The highest BCUT2D eigenvalue weighted by Gasteiger charge is 2.05. The van der Waals surface area contributed by atoms with Gasteiger partial charge in [0.05, 0.1) is 13.2 Å². The number of aliphatic hydroxyl groups excluding tert-OH is 1. The van der Waals surface area contributed by atoms with Crippen molar-refractivity contribution >= 4 is 0 Å². The molecule has 0 aliphatic rings. The summed E-state index contributed by atoms with van der Waals surface area (Å²) in [6.45, 7) is 2.59. The lowest BCUT2D eigenvalue weighted by molar-refractivity contribution is 0.265. The fourth-order valence-electron chi connectivity index (χ4n) is 1.68. The van der Waals surface area contributed by atoms with E-state index in [1.54, 1.807) is 4.68 Å². The van der Waals surface area contributed by atoms with E-state index in [0.717, 1.165) is 18.7 Å². The summed E-state index contributed by atoms with van der Waals surface area (Å²) in [5, 5.41) is 20.3. The molecule has 1 aromatic heterocycles. The SMILES string of the molecule is Cc1ccc(CCc2nnnn2CCO)cc1. The Labute approximate surface area is 100 Å². The van der Waals surface area contributed by atoms with Crippen molar-refractivity contribution in [1.29, 1.82) is 0 Å². The second-order valence-corrected chi connectivity index (χ2v) is 4.03. The molecule has 1 N–H and O–H groups in total. The molecule has 90 valence electrons. The van der Waals surface area contributed by atoms with Crippen LogP contribution in [0.5, 0.6) is 0 Å². The van der Waals surface area contributed by atoms with Crippen molar-refractivity contribution in [2.75, 3.05) is 6.61 Å². The van der Waals surface area contributed by atoms with E-state index in [1.165, 1.54) is 11.1 Å². The minimum absolute atomic E-state index is 0.0581. The van der Waals surface area contributed by atoms with E-state index in [1.807, 2.05) is 0 Å². The average molecular weight is 232 g/mol. The molecule has 2 rings (SSSR count). The van der Waals surface area contributed by atoms with Crippen LogP contribution in [0.1, 0.15) is 17.0 Å². The van der Waals surface area contributed by atoms with Gasteiger partial charge in [-0.3, -0.25) is 0 Å². The highest BCUT2D eigenvalue weighted by molar-refractivity contribution is 5.21. The van der Waals surface area contributed by atoms with Crippen molar-refractivity contribution < 1.29 is 5.11 Å². The summed E-state index contributed by atoms with van der Waals surface area (Å²) in [5.74, 6) is 0.819. The van der Waals surface area contributed by atoms with Crippen LogP contribution in [0.2, 0.25) is 0 Å². The second-order valence-electron chi connectivity index (χ2n) is 4.03. The zero-order valence-electron chi connectivity index (χ0n) is 9.87. The van der Waals surface area contributed by atoms with Gasteiger partial charge >= 0.3 is 0 Å². The van der Waals surface area contributed by atoms with E-state index in [0.29, 0.717) is 6.54 Å². The molecule has 1 aromatic carbocycles. The smallest absolute Gasteiger partial charge is 0.151 e. The molecule has 1 heterocycles. The second kappa shape index (κ2) is 5.54. The Morgan fingerprint density at radius 1 is 1.18 bits per heavy atom. The minimum Gasteiger partial charge on any atom is -0.394 e. The summed E-state index contributed by atoms with van der Waals surface area (Å²) in [4.78, 5) is 0. The van der Waals surface area contributed by atoms with E-state index in [-0.39, 0.29) is 6.61 Å². The predicted octanol–water partition coefficient (Wildman–Crippen LogP) is 0.759. The van der Waals surface area contributed by atoms with Gasteiger partial charge in [0.1, 0.15) is 0 Å². The first kappa shape index (κ1) is 11.7. The quantitative estimate of drug-likeness (QED) is 0.826. The van der Waals surface area contributed by atoms with Crippen molar-refractivity contribution in [1.82, 2.24) is 20.2 Å². The monoisotopic (exact) mass is 232 g/mol. The van der Waals surface area contributed by atoms with E-state index < -0.39 is 0 Å². The molecule has 0 radical (unpaired) electrons. The van der Waals surface area contributed by atoms with Gasteiger partial charge in [-0.05, 0) is 29.3 Å². The van der Waals surface area contributed by atoms with Crippen LogP contribution in [0.15, 0.2) is 24.3 Å². The van der Waals surface area contributed by atoms with E-state index in [9.17, 15) is 0 Å². The van der Waals surface area contributed by atoms with Crippen molar-refractivity contribution in [3.63, 3.8) is 0 Å². The molecule has 0 fully saturated rings. The number of aliphatic hydroxyl groups is 1. The fourth-order valence-corrected chi connectivity index (χ4v) is 1.68. The van der Waals surface area contributed by atoms with Crippen molar-refractivity contribution in [3.05, 3.63) is 41.2 Å². The number of hydrogen-bond donors (Lipinski definition) is 1. The molecule has 0 atom stereocenters. The van der Waals surface area contributed by atoms with Crippen LogP contribution in [0, 0.1) is 6.92 Å². The Hall–Kier alpha value is -1.75. The molecule has 0 unspecified atom stereocenters. The Morgan fingerprint density at radius 2 is 1.94 bits per heavy atom. The molecular formula is C12H16N4O. The van der Waals surface area contributed by atoms with Gasteiger partial charge in [-0.1, -0.05) is 29.8 Å². The fraction of sp³-hybridized carbons (Fsp3) is 0.417. The number of nitrogens with zero attached hydrogens (tertiary/aromatic N) is 4. The predicted molar refractivity (Wildman–Crippen MR) is 63.5 cm³/mol. The Balaban J connectivity index is 1.97. The van der Waals surface area contributed by atoms with E-state index >= 15 is 0 Å². The van der Waals surface area contributed by atoms with Gasteiger partial charge < -0.3 is 5.11 Å². The summed E-state index contributed by atoms with van der Waals surface area (Å²) in [6, 6.07) is 8.45. The van der Waals surface area contributed by atoms with E-state index in [2.05, 4.69) is 46.7 Å². The van der Waals surface area contributed by atoms with Gasteiger partial charge in [-0.2, -0.15) is 0 Å². The van der Waals surface area contributed by atoms with Crippen LogP contribution in [-0.4, -0.2) is 31.9 Å². The van der Waals surface area contributed by atoms with Crippen LogP contribution in [0.25, 0.3) is 0 Å². The maximum Gasteiger partial charge on any atom is 0.151 e. The third-order valence-electron chi connectivity index (χ3n) is 2.68. The van der Waals surface area contributed by atoms with E-state index in [4.69, 9.17) is 5.11 Å². The average Bonchev–Trinajstić information content (AvgIpc) is 2.77. The van der Waals surface area contributed by atoms with Crippen LogP contribution < -0.4 is 0 Å². The standard InChI is InChI=1S/C12H16N4O/c1-10-2-4-11(5-3-10)6-7-12-13-14-15-16(12)8-9-17/h2-5,17H,6-9H2,1H3. The summed E-state index contributed by atoms with van der Waals surface area (Å²) in [7, 11) is 0. The van der Waals surface area contributed by atoms with Gasteiger partial charge in [0.15, 0.2) is 5.82 Å². The normalized spacial score (nSPS) is 10.7. The summed E-state index contributed by atoms with van der Waals surface area (Å²) < 4.78 is 1.65. The first-order valence-electron chi connectivity index (χ1n) is 5.71. The number of rotatable bonds is 5. The third kappa shape index (κ3) is 3.10. The largest absolute Gasteiger partial charge is 0.394 e. The lowest BCUT2D eigenvalue weighted by atomic mass is 10.1. The third-order valence-corrected chi connectivity index (χ3v) is 2.68. The first-order valence-corrected chi connectivity index (χ1v) is 5.71. The van der Waals surface area contributed by atoms with Gasteiger partial charge in [-0.15, -0.1) is 5.10 Å². The zero-order chi connectivity index (χ0) is 12.1. The first-order chi connectivity index (χ1) is 8.29. The lowest BCUT2D eigenvalue weighted by Gasteiger charge is -2.03. The van der Waals surface area contributed by atoms with Gasteiger partial charge in [-0.25, -0.2) is 4.68 Å². The molecule has 17 heavy (non-hydrogen) atoms. The molecule has 0 bridgehead atoms. The minimum atomic E-state index is 0.0581. The molecule has 0 aliphatic carbocycles. The Morgan fingerprint density at radius 3 is 2.65 bits per heavy atom. The van der Waals surface area contributed by atoms with Crippen molar-refractivity contribution in [2.45, 2.75) is 26.3 Å². The molecule has 0 aliphatic heterocycles. The molecule has 5 nitrogen and oxygen atoms in total. The molecule has 0 saturated carbocycles. The molecule has 0 saturated heterocycles. The molecule has 0 spiro atoms. The van der Waals surface area contributed by atoms with Crippen LogP contribution in [0.4, 0.5) is 0 Å². The number of aryl methyl sites for hydroxylation is 3. The van der Waals surface area contributed by atoms with Gasteiger partial charge in [0, 0.05) is 6.42 Å². The molecule has 2 aromatic rings. The Kier molecular flexibility index (Phi) is 3.82. The number of hydrogen-bond acceptors (Lipinski definition) is 4. The van der Waals surface area contributed by atoms with Crippen LogP contribution >= 0.6 is 0 Å². The number of aromatic nitrogens is 4.